The van der Waals surface area contributed by atoms with Crippen LogP contribution < -0.4 is 0 Å². The smallest absolute Gasteiger partial charge is 0.0493 e. The van der Waals surface area contributed by atoms with E-state index in [1.54, 1.807) is 5.57 Å². The Kier molecular flexibility index (Phi) is 5.51. The molecule has 0 spiro atoms. The topological polar surface area (TPSA) is 26.7 Å². The second kappa shape index (κ2) is 7.39. The van der Waals surface area contributed by atoms with Gasteiger partial charge in [0.25, 0.3) is 0 Å². The van der Waals surface area contributed by atoms with E-state index in [4.69, 9.17) is 0 Å². The highest BCUT2D eigenvalue weighted by Gasteiger charge is 2.61. The molecule has 0 amide bonds. The maximum absolute atomic E-state index is 10.7. The highest BCUT2D eigenvalue weighted by Crippen LogP contribution is 2.66. The first kappa shape index (κ1) is 20.9. The minimum Gasteiger partial charge on any atom is -0.396 e. The van der Waals surface area contributed by atoms with Crippen LogP contribution in [0.2, 0.25) is 0 Å². The molecule has 3 heteroatoms. The summed E-state index contributed by atoms with van der Waals surface area (Å²) in [6.45, 7) is 5.39. The summed E-state index contributed by atoms with van der Waals surface area (Å²) in [7, 11) is 8.93. The Morgan fingerprint density at radius 3 is 2.46 bits per heavy atom. The quantitative estimate of drug-likeness (QED) is 0.722. The predicted molar refractivity (Wildman–Crippen MR) is 117 cm³/mol. The van der Waals surface area contributed by atoms with Crippen molar-refractivity contribution in [2.24, 2.45) is 34.5 Å². The van der Waals surface area contributed by atoms with Crippen LogP contribution in [0.25, 0.3) is 0 Å². The van der Waals surface area contributed by atoms with Gasteiger partial charge in [0.05, 0.1) is 0 Å². The van der Waals surface area contributed by atoms with Gasteiger partial charge in [-0.15, -0.1) is 0 Å². The fourth-order valence-corrected chi connectivity index (χ4v) is 8.33. The van der Waals surface area contributed by atoms with Gasteiger partial charge in [-0.05, 0) is 116 Å². The number of hydrogen-bond donors (Lipinski definition) is 1. The van der Waals surface area contributed by atoms with E-state index in [2.05, 4.69) is 57.9 Å². The largest absolute Gasteiger partial charge is 0.396 e. The standard InChI is InChI=1S/C25H44N2O/c1-17(26(3)4)21-9-10-23-20-8-7-18-15-19(27(5)6)11-13-24(18,2)22(20)12-14-25(21,23)16-28/h7,17,19-23,28H,8-16H2,1-6H3/t17-,19-,20+,21+,22-,23-,24-,25-/m0/s1. The van der Waals surface area contributed by atoms with Gasteiger partial charge >= 0.3 is 0 Å². The van der Waals surface area contributed by atoms with Crippen LogP contribution in [0, 0.1) is 34.5 Å². The van der Waals surface area contributed by atoms with Crippen molar-refractivity contribution < 1.29 is 5.11 Å². The molecule has 0 aliphatic heterocycles. The van der Waals surface area contributed by atoms with E-state index in [0.717, 1.165) is 23.8 Å². The molecule has 4 rings (SSSR count). The van der Waals surface area contributed by atoms with E-state index < -0.39 is 0 Å². The molecule has 1 N–H and O–H groups in total. The number of fused-ring (bicyclic) bond motifs is 5. The van der Waals surface area contributed by atoms with Crippen LogP contribution in [-0.4, -0.2) is 61.8 Å². The fourth-order valence-electron chi connectivity index (χ4n) is 8.33. The molecule has 0 aromatic heterocycles. The molecule has 160 valence electrons. The predicted octanol–water partition coefficient (Wildman–Crippen LogP) is 4.42. The van der Waals surface area contributed by atoms with E-state index in [1.807, 2.05) is 0 Å². The number of rotatable bonds is 4. The summed E-state index contributed by atoms with van der Waals surface area (Å²) in [4.78, 5) is 4.83. The molecular weight excluding hydrogens is 344 g/mol. The zero-order valence-corrected chi connectivity index (χ0v) is 19.2. The maximum atomic E-state index is 10.7. The fraction of sp³-hybridized carbons (Fsp3) is 0.920. The zero-order chi connectivity index (χ0) is 20.3. The van der Waals surface area contributed by atoms with Crippen molar-refractivity contribution in [1.82, 2.24) is 9.80 Å². The minimum atomic E-state index is 0.174. The van der Waals surface area contributed by atoms with Crippen LogP contribution in [0.4, 0.5) is 0 Å². The first-order chi connectivity index (χ1) is 13.2. The number of aliphatic hydroxyl groups is 1. The van der Waals surface area contributed by atoms with Crippen molar-refractivity contribution in [3.8, 4) is 0 Å². The van der Waals surface area contributed by atoms with Crippen molar-refractivity contribution >= 4 is 0 Å². The molecule has 0 unspecified atom stereocenters. The first-order valence-corrected chi connectivity index (χ1v) is 11.9. The van der Waals surface area contributed by atoms with Gasteiger partial charge in [-0.25, -0.2) is 0 Å². The zero-order valence-electron chi connectivity index (χ0n) is 19.2. The van der Waals surface area contributed by atoms with Crippen molar-refractivity contribution in [2.45, 2.75) is 77.3 Å². The van der Waals surface area contributed by atoms with E-state index in [1.165, 1.54) is 51.4 Å². The van der Waals surface area contributed by atoms with Gasteiger partial charge in [0.1, 0.15) is 0 Å². The summed E-state index contributed by atoms with van der Waals surface area (Å²) in [6.07, 6.45) is 13.1. The van der Waals surface area contributed by atoms with E-state index in [-0.39, 0.29) is 5.41 Å². The van der Waals surface area contributed by atoms with Crippen molar-refractivity contribution in [2.75, 3.05) is 34.8 Å². The lowest BCUT2D eigenvalue weighted by Gasteiger charge is -2.59. The number of hydrogen-bond acceptors (Lipinski definition) is 3. The summed E-state index contributed by atoms with van der Waals surface area (Å²) < 4.78 is 0. The maximum Gasteiger partial charge on any atom is 0.0493 e. The SMILES string of the molecule is C[C@@H]([C@H]1CC[C@H]2[C@@H]3CC=C4C[C@@H](N(C)C)CC[C@]4(C)[C@H]3CC[C@]12CO)N(C)C. The Labute approximate surface area is 173 Å². The first-order valence-electron chi connectivity index (χ1n) is 11.9. The summed E-state index contributed by atoms with van der Waals surface area (Å²) in [5.74, 6) is 3.02. The van der Waals surface area contributed by atoms with Crippen LogP contribution in [0.1, 0.15) is 65.2 Å². The Balaban J connectivity index is 1.62. The van der Waals surface area contributed by atoms with Crippen LogP contribution in [-0.2, 0) is 0 Å². The van der Waals surface area contributed by atoms with Crippen LogP contribution >= 0.6 is 0 Å². The second-order valence-corrected chi connectivity index (χ2v) is 11.4. The molecule has 3 fully saturated rings. The molecule has 4 aliphatic rings. The monoisotopic (exact) mass is 388 g/mol. The molecule has 0 aromatic rings. The number of nitrogens with zero attached hydrogens (tertiary/aromatic N) is 2. The van der Waals surface area contributed by atoms with Crippen molar-refractivity contribution in [1.29, 1.82) is 0 Å². The van der Waals surface area contributed by atoms with Gasteiger partial charge in [0, 0.05) is 24.1 Å². The van der Waals surface area contributed by atoms with Crippen LogP contribution in [0.5, 0.6) is 0 Å². The molecule has 28 heavy (non-hydrogen) atoms. The third-order valence-electron chi connectivity index (χ3n) is 10.3. The lowest BCUT2D eigenvalue weighted by molar-refractivity contribution is -0.0892. The van der Waals surface area contributed by atoms with Crippen molar-refractivity contribution in [3.63, 3.8) is 0 Å². The molecule has 0 heterocycles. The van der Waals surface area contributed by atoms with E-state index >= 15 is 0 Å². The summed E-state index contributed by atoms with van der Waals surface area (Å²) >= 11 is 0. The lowest BCUT2D eigenvalue weighted by Crippen LogP contribution is -2.54. The molecular formula is C25H44N2O. The van der Waals surface area contributed by atoms with E-state index in [0.29, 0.717) is 24.0 Å². The Morgan fingerprint density at radius 2 is 1.82 bits per heavy atom. The molecule has 8 atom stereocenters. The normalized spacial score (nSPS) is 46.8. The molecule has 3 saturated carbocycles. The summed E-state index contributed by atoms with van der Waals surface area (Å²) in [5.41, 5.74) is 2.36. The third kappa shape index (κ3) is 2.94. The summed E-state index contributed by atoms with van der Waals surface area (Å²) in [6, 6.07) is 1.29. The Morgan fingerprint density at radius 1 is 1.07 bits per heavy atom. The lowest BCUT2D eigenvalue weighted by atomic mass is 9.46. The molecule has 0 radical (unpaired) electrons. The summed E-state index contributed by atoms with van der Waals surface area (Å²) in [5, 5.41) is 10.7. The van der Waals surface area contributed by atoms with Crippen molar-refractivity contribution in [3.05, 3.63) is 11.6 Å². The highest BCUT2D eigenvalue weighted by atomic mass is 16.3. The Hall–Kier alpha value is -0.380. The minimum absolute atomic E-state index is 0.174. The van der Waals surface area contributed by atoms with Gasteiger partial charge in [-0.1, -0.05) is 18.6 Å². The number of aliphatic hydroxyl groups excluding tert-OH is 1. The average Bonchev–Trinajstić information content (AvgIpc) is 3.06. The average molecular weight is 389 g/mol. The van der Waals surface area contributed by atoms with Crippen LogP contribution in [0.15, 0.2) is 11.6 Å². The van der Waals surface area contributed by atoms with Gasteiger partial charge in [0.15, 0.2) is 0 Å². The second-order valence-electron chi connectivity index (χ2n) is 11.4. The molecule has 4 aliphatic carbocycles. The van der Waals surface area contributed by atoms with Gasteiger partial charge in [0.2, 0.25) is 0 Å². The molecule has 0 bridgehead atoms. The Bertz CT molecular complexity index is 614. The third-order valence-corrected chi connectivity index (χ3v) is 10.3. The van der Waals surface area contributed by atoms with Gasteiger partial charge < -0.3 is 14.9 Å². The molecule has 3 nitrogen and oxygen atoms in total. The molecule has 0 aromatic carbocycles. The molecule has 0 saturated heterocycles. The van der Waals surface area contributed by atoms with Gasteiger partial charge in [-0.3, -0.25) is 0 Å². The highest BCUT2D eigenvalue weighted by molar-refractivity contribution is 5.26. The van der Waals surface area contributed by atoms with E-state index in [9.17, 15) is 5.11 Å². The van der Waals surface area contributed by atoms with Gasteiger partial charge in [-0.2, -0.15) is 0 Å². The van der Waals surface area contributed by atoms with Crippen LogP contribution in [0.3, 0.4) is 0 Å². The number of allylic oxidation sites excluding steroid dienone is 1.